The van der Waals surface area contributed by atoms with Gasteiger partial charge in [-0.05, 0) is 62.0 Å². The molecule has 0 saturated carbocycles. The molecule has 0 aliphatic heterocycles. The summed E-state index contributed by atoms with van der Waals surface area (Å²) in [5, 5.41) is 6.73. The van der Waals surface area contributed by atoms with Crippen LogP contribution in [0.15, 0.2) is 60.7 Å². The van der Waals surface area contributed by atoms with Gasteiger partial charge in [-0.3, -0.25) is 30.4 Å². The number of thiocarbonyl (C=S) groups is 1. The molecular weight excluding hydrogens is 426 g/mol. The highest BCUT2D eigenvalue weighted by atomic mass is 32.1. The molecule has 3 N–H and O–H groups in total. The first-order chi connectivity index (χ1) is 15.4. The molecule has 3 aromatic rings. The molecule has 0 aliphatic rings. The van der Waals surface area contributed by atoms with Gasteiger partial charge < -0.3 is 4.74 Å². The number of nitrogens with one attached hydrogen (secondary N) is 3. The van der Waals surface area contributed by atoms with Gasteiger partial charge in [-0.1, -0.05) is 30.3 Å². The van der Waals surface area contributed by atoms with E-state index in [1.165, 1.54) is 5.56 Å². The molecular formula is C23H25N5O3S. The maximum Gasteiger partial charge on any atom is 0.260 e. The minimum absolute atomic E-state index is 0.0140. The quantitative estimate of drug-likeness (QED) is 0.377. The fourth-order valence-corrected chi connectivity index (χ4v) is 3.12. The Hall–Kier alpha value is -3.72. The number of rotatable bonds is 7. The number of aromatic nitrogens is 2. The number of hydrazine groups is 1. The van der Waals surface area contributed by atoms with E-state index in [0.717, 1.165) is 17.8 Å². The van der Waals surface area contributed by atoms with E-state index in [4.69, 9.17) is 17.0 Å². The fourth-order valence-electron chi connectivity index (χ4n) is 2.98. The van der Waals surface area contributed by atoms with Crippen LogP contribution in [0.5, 0.6) is 5.75 Å². The molecule has 0 saturated heterocycles. The molecule has 1 heterocycles. The third kappa shape index (κ3) is 6.92. The first-order valence-electron chi connectivity index (χ1n) is 10.1. The summed E-state index contributed by atoms with van der Waals surface area (Å²) in [5.74, 6) is -0.0643. The van der Waals surface area contributed by atoms with Crippen molar-refractivity contribution in [3.63, 3.8) is 0 Å². The van der Waals surface area contributed by atoms with E-state index >= 15 is 0 Å². The van der Waals surface area contributed by atoms with Crippen LogP contribution in [0, 0.1) is 13.8 Å². The highest BCUT2D eigenvalue weighted by molar-refractivity contribution is 7.80. The van der Waals surface area contributed by atoms with Crippen molar-refractivity contribution in [1.29, 1.82) is 0 Å². The maximum atomic E-state index is 12.3. The Bertz CT molecular complexity index is 1080. The third-order valence-corrected chi connectivity index (χ3v) is 4.76. The molecule has 0 bridgehead atoms. The summed E-state index contributed by atoms with van der Waals surface area (Å²) in [6, 6.07) is 18.7. The van der Waals surface area contributed by atoms with Crippen molar-refractivity contribution >= 4 is 29.1 Å². The predicted octanol–water partition coefficient (Wildman–Crippen LogP) is 2.46. The highest BCUT2D eigenvalue weighted by Crippen LogP contribution is 2.13. The predicted molar refractivity (Wildman–Crippen MR) is 125 cm³/mol. The van der Waals surface area contributed by atoms with Crippen LogP contribution in [-0.4, -0.2) is 33.3 Å². The third-order valence-electron chi connectivity index (χ3n) is 4.56. The Morgan fingerprint density at radius 1 is 1.03 bits per heavy atom. The summed E-state index contributed by atoms with van der Waals surface area (Å²) < 4.78 is 7.31. The van der Waals surface area contributed by atoms with Crippen LogP contribution in [0.1, 0.15) is 27.3 Å². The molecule has 166 valence electrons. The van der Waals surface area contributed by atoms with Crippen molar-refractivity contribution in [2.45, 2.75) is 26.8 Å². The summed E-state index contributed by atoms with van der Waals surface area (Å²) in [4.78, 5) is 24.4. The van der Waals surface area contributed by atoms with Gasteiger partial charge in [0.1, 0.15) is 12.3 Å². The number of nitrogens with zero attached hydrogens (tertiary/aromatic N) is 2. The first-order valence-corrected chi connectivity index (χ1v) is 10.5. The van der Waals surface area contributed by atoms with Gasteiger partial charge in [0.2, 0.25) is 0 Å². The SMILES string of the molecule is Cc1cc(C)n(CC(=O)NNC(=S)NC(=O)c2ccc(OCCc3ccccc3)cc2)n1. The van der Waals surface area contributed by atoms with Crippen LogP contribution in [0.25, 0.3) is 0 Å². The van der Waals surface area contributed by atoms with Crippen molar-refractivity contribution in [2.75, 3.05) is 6.61 Å². The summed E-state index contributed by atoms with van der Waals surface area (Å²) in [6.45, 7) is 4.30. The van der Waals surface area contributed by atoms with E-state index in [0.29, 0.717) is 17.9 Å². The second kappa shape index (κ2) is 11.1. The zero-order chi connectivity index (χ0) is 22.9. The molecule has 2 aromatic carbocycles. The summed E-state index contributed by atoms with van der Waals surface area (Å²) >= 11 is 5.07. The summed E-state index contributed by atoms with van der Waals surface area (Å²) in [5.41, 5.74) is 8.29. The average molecular weight is 452 g/mol. The second-order valence-corrected chi connectivity index (χ2v) is 7.56. The van der Waals surface area contributed by atoms with Crippen molar-refractivity contribution in [3.05, 3.63) is 83.2 Å². The van der Waals surface area contributed by atoms with E-state index in [-0.39, 0.29) is 17.6 Å². The first kappa shape index (κ1) is 23.0. The number of aryl methyl sites for hydroxylation is 2. The van der Waals surface area contributed by atoms with E-state index in [2.05, 4.69) is 33.4 Å². The molecule has 3 rings (SSSR count). The highest BCUT2D eigenvalue weighted by Gasteiger charge is 2.10. The Morgan fingerprint density at radius 3 is 2.41 bits per heavy atom. The molecule has 0 spiro atoms. The number of carbonyl (C=O) groups is 2. The van der Waals surface area contributed by atoms with Crippen LogP contribution < -0.4 is 20.9 Å². The van der Waals surface area contributed by atoms with Crippen molar-refractivity contribution in [1.82, 2.24) is 25.9 Å². The molecule has 2 amide bonds. The molecule has 0 fully saturated rings. The number of hydrogen-bond acceptors (Lipinski definition) is 5. The maximum absolute atomic E-state index is 12.3. The van der Waals surface area contributed by atoms with Gasteiger partial charge in [0.15, 0.2) is 5.11 Å². The lowest BCUT2D eigenvalue weighted by Crippen LogP contribution is -2.49. The van der Waals surface area contributed by atoms with E-state index in [1.54, 1.807) is 28.9 Å². The molecule has 0 atom stereocenters. The zero-order valence-electron chi connectivity index (χ0n) is 17.9. The van der Waals surface area contributed by atoms with Crippen LogP contribution in [0.3, 0.4) is 0 Å². The lowest BCUT2D eigenvalue weighted by molar-refractivity contribution is -0.122. The van der Waals surface area contributed by atoms with Gasteiger partial charge in [0.05, 0.1) is 12.3 Å². The van der Waals surface area contributed by atoms with Gasteiger partial charge in [0.25, 0.3) is 11.8 Å². The normalized spacial score (nSPS) is 10.3. The zero-order valence-corrected chi connectivity index (χ0v) is 18.7. The number of amides is 2. The minimum Gasteiger partial charge on any atom is -0.493 e. The van der Waals surface area contributed by atoms with Gasteiger partial charge in [-0.15, -0.1) is 0 Å². The molecule has 8 nitrogen and oxygen atoms in total. The van der Waals surface area contributed by atoms with Crippen molar-refractivity contribution in [2.24, 2.45) is 0 Å². The van der Waals surface area contributed by atoms with Gasteiger partial charge in [0, 0.05) is 17.7 Å². The standard InChI is InChI=1S/C23H25N5O3S/c1-16-14-17(2)28(27-16)15-21(29)25-26-23(32)24-22(30)19-8-10-20(11-9-19)31-13-12-18-6-4-3-5-7-18/h3-11,14H,12-13,15H2,1-2H3,(H,25,29)(H2,24,26,30,32). The molecule has 1 aromatic heterocycles. The Balaban J connectivity index is 1.40. The van der Waals surface area contributed by atoms with Gasteiger partial charge >= 0.3 is 0 Å². The van der Waals surface area contributed by atoms with E-state index in [9.17, 15) is 9.59 Å². The van der Waals surface area contributed by atoms with E-state index < -0.39 is 5.91 Å². The van der Waals surface area contributed by atoms with Crippen molar-refractivity contribution in [3.8, 4) is 5.75 Å². The topological polar surface area (TPSA) is 97.3 Å². The van der Waals surface area contributed by atoms with Gasteiger partial charge in [-0.25, -0.2) is 0 Å². The molecule has 0 radical (unpaired) electrons. The van der Waals surface area contributed by atoms with Gasteiger partial charge in [-0.2, -0.15) is 5.10 Å². The number of carbonyl (C=O) groups excluding carboxylic acids is 2. The fraction of sp³-hybridized carbons (Fsp3) is 0.217. The lowest BCUT2D eigenvalue weighted by Gasteiger charge is -2.12. The largest absolute Gasteiger partial charge is 0.493 e. The minimum atomic E-state index is -0.397. The van der Waals surface area contributed by atoms with E-state index in [1.807, 2.05) is 38.1 Å². The van der Waals surface area contributed by atoms with Crippen molar-refractivity contribution < 1.29 is 14.3 Å². The molecule has 32 heavy (non-hydrogen) atoms. The Morgan fingerprint density at radius 2 is 1.75 bits per heavy atom. The van der Waals surface area contributed by atoms with Crippen LogP contribution in [0.2, 0.25) is 0 Å². The summed E-state index contributed by atoms with van der Waals surface area (Å²) in [7, 11) is 0. The lowest BCUT2D eigenvalue weighted by atomic mass is 10.2. The number of ether oxygens (including phenoxy) is 1. The summed E-state index contributed by atoms with van der Waals surface area (Å²) in [6.07, 6.45) is 0.800. The average Bonchev–Trinajstić information content (AvgIpc) is 3.10. The Kier molecular flexibility index (Phi) is 7.93. The van der Waals surface area contributed by atoms with Crippen LogP contribution >= 0.6 is 12.2 Å². The molecule has 0 unspecified atom stereocenters. The second-order valence-electron chi connectivity index (χ2n) is 7.15. The monoisotopic (exact) mass is 451 g/mol. The van der Waals surface area contributed by atoms with Crippen LogP contribution in [0.4, 0.5) is 0 Å². The molecule has 9 heteroatoms. The number of hydrogen-bond donors (Lipinski definition) is 3. The smallest absolute Gasteiger partial charge is 0.260 e. The Labute approximate surface area is 191 Å². The molecule has 0 aliphatic carbocycles. The van der Waals surface area contributed by atoms with Crippen LogP contribution in [-0.2, 0) is 17.8 Å². The number of benzene rings is 2.